The third-order valence-electron chi connectivity index (χ3n) is 3.32. The third kappa shape index (κ3) is 2.85. The fraction of sp³-hybridized carbons (Fsp3) is 0.385. The number of carbonyl (C=O) groups excluding carboxylic acids is 1. The fourth-order valence-electron chi connectivity index (χ4n) is 2.28. The third-order valence-corrected chi connectivity index (χ3v) is 5.09. The van der Waals surface area contributed by atoms with Gasteiger partial charge in [0.1, 0.15) is 17.6 Å². The molecule has 1 aliphatic heterocycles. The van der Waals surface area contributed by atoms with Crippen LogP contribution in [0.15, 0.2) is 18.2 Å². The molecule has 0 amide bonds. The highest BCUT2D eigenvalue weighted by molar-refractivity contribution is 7.91. The van der Waals surface area contributed by atoms with Gasteiger partial charge < -0.3 is 0 Å². The normalized spacial score (nSPS) is 22.1. The lowest BCUT2D eigenvalue weighted by Gasteiger charge is -2.13. The quantitative estimate of drug-likeness (QED) is 0.849. The number of hydrogen-bond donors (Lipinski definition) is 0. The van der Waals surface area contributed by atoms with Gasteiger partial charge in [-0.25, -0.2) is 17.2 Å². The van der Waals surface area contributed by atoms with Crippen LogP contribution in [0.3, 0.4) is 0 Å². The minimum atomic E-state index is -3.27. The van der Waals surface area contributed by atoms with Crippen LogP contribution in [-0.2, 0) is 14.6 Å². The first-order valence-corrected chi connectivity index (χ1v) is 7.75. The van der Waals surface area contributed by atoms with Crippen LogP contribution in [0, 0.1) is 28.9 Å². The molecule has 2 rings (SSSR count). The molecule has 0 bridgehead atoms. The molecular weight excluding hydrogens is 288 g/mol. The number of hydrogen-bond acceptors (Lipinski definition) is 4. The number of nitriles is 1. The summed E-state index contributed by atoms with van der Waals surface area (Å²) in [6.07, 6.45) is 0.141. The maximum absolute atomic E-state index is 13.6. The summed E-state index contributed by atoms with van der Waals surface area (Å²) in [6, 6.07) is 4.27. The largest absolute Gasteiger partial charge is 0.297 e. The maximum Gasteiger partial charge on any atom is 0.158 e. The lowest BCUT2D eigenvalue weighted by atomic mass is 9.88. The fourth-order valence-corrected chi connectivity index (χ4v) is 4.03. The Bertz CT molecular complexity index is 694. The first kappa shape index (κ1) is 14.6. The Morgan fingerprint density at radius 2 is 2.10 bits per heavy atom. The lowest BCUT2D eigenvalue weighted by molar-refractivity contribution is -0.122. The number of Topliss-reactive ketones (excluding diaryl/α,β-unsaturated/α-hetero) is 1. The smallest absolute Gasteiger partial charge is 0.158 e. The molecule has 0 spiro atoms. The number of ketones is 1. The molecule has 0 N–H and O–H groups in total. The van der Waals surface area contributed by atoms with E-state index in [0.717, 1.165) is 12.1 Å². The van der Waals surface area contributed by atoms with Crippen molar-refractivity contribution >= 4 is 15.6 Å². The van der Waals surface area contributed by atoms with Crippen LogP contribution in [-0.4, -0.2) is 25.7 Å². The van der Waals surface area contributed by atoms with E-state index in [9.17, 15) is 22.0 Å². The summed E-state index contributed by atoms with van der Waals surface area (Å²) in [5.74, 6) is -5.04. The van der Waals surface area contributed by atoms with Crippen LogP contribution in [0.5, 0.6) is 0 Å². The second-order valence-electron chi connectivity index (χ2n) is 4.73. The van der Waals surface area contributed by atoms with Gasteiger partial charge in [-0.2, -0.15) is 5.26 Å². The molecule has 0 aromatic heterocycles. The molecule has 1 fully saturated rings. The molecule has 2 atom stereocenters. The zero-order valence-corrected chi connectivity index (χ0v) is 11.2. The van der Waals surface area contributed by atoms with Gasteiger partial charge in [0.05, 0.1) is 17.6 Å². The summed E-state index contributed by atoms with van der Waals surface area (Å²) < 4.78 is 49.1. The van der Waals surface area contributed by atoms with E-state index < -0.39 is 39.1 Å². The van der Waals surface area contributed by atoms with Crippen LogP contribution in [0.1, 0.15) is 17.9 Å². The van der Waals surface area contributed by atoms with E-state index in [1.165, 1.54) is 0 Å². The number of benzene rings is 1. The van der Waals surface area contributed by atoms with Crippen LogP contribution in [0.2, 0.25) is 0 Å². The van der Waals surface area contributed by atoms with Crippen LogP contribution >= 0.6 is 0 Å². The van der Waals surface area contributed by atoms with Crippen molar-refractivity contribution in [1.82, 2.24) is 0 Å². The summed E-state index contributed by atoms with van der Waals surface area (Å²) in [4.78, 5) is 12.2. The van der Waals surface area contributed by atoms with Crippen molar-refractivity contribution in [3.63, 3.8) is 0 Å². The molecule has 20 heavy (non-hydrogen) atoms. The molecule has 1 aliphatic rings. The van der Waals surface area contributed by atoms with Crippen molar-refractivity contribution in [3.05, 3.63) is 35.4 Å². The average Bonchev–Trinajstić information content (AvgIpc) is 2.73. The summed E-state index contributed by atoms with van der Waals surface area (Å²) >= 11 is 0. The molecule has 0 saturated carbocycles. The molecular formula is C13H11F2NO3S. The van der Waals surface area contributed by atoms with E-state index in [-0.39, 0.29) is 23.5 Å². The Kier molecular flexibility index (Phi) is 3.86. The van der Waals surface area contributed by atoms with Gasteiger partial charge in [0.25, 0.3) is 0 Å². The molecule has 1 heterocycles. The topological polar surface area (TPSA) is 75.0 Å². The minimum Gasteiger partial charge on any atom is -0.297 e. The van der Waals surface area contributed by atoms with Gasteiger partial charge in [-0.15, -0.1) is 0 Å². The van der Waals surface area contributed by atoms with Gasteiger partial charge in [0.15, 0.2) is 15.6 Å². The summed E-state index contributed by atoms with van der Waals surface area (Å²) in [7, 11) is -3.27. The average molecular weight is 299 g/mol. The summed E-state index contributed by atoms with van der Waals surface area (Å²) in [5, 5.41) is 9.05. The van der Waals surface area contributed by atoms with Gasteiger partial charge in [-0.1, -0.05) is 6.07 Å². The Morgan fingerprint density at radius 1 is 1.40 bits per heavy atom. The molecule has 1 saturated heterocycles. The Hall–Kier alpha value is -1.81. The zero-order chi connectivity index (χ0) is 14.9. The van der Waals surface area contributed by atoms with Crippen molar-refractivity contribution in [1.29, 1.82) is 5.26 Å². The van der Waals surface area contributed by atoms with Gasteiger partial charge >= 0.3 is 0 Å². The van der Waals surface area contributed by atoms with Gasteiger partial charge in [-0.05, 0) is 12.5 Å². The van der Waals surface area contributed by atoms with Crippen molar-refractivity contribution < 1.29 is 22.0 Å². The molecule has 2 unspecified atom stereocenters. The van der Waals surface area contributed by atoms with Gasteiger partial charge in [0.2, 0.25) is 0 Å². The molecule has 1 aromatic rings. The van der Waals surface area contributed by atoms with Crippen molar-refractivity contribution in [2.75, 3.05) is 11.5 Å². The molecule has 0 aliphatic carbocycles. The van der Waals surface area contributed by atoms with E-state index >= 15 is 0 Å². The van der Waals surface area contributed by atoms with E-state index in [1.54, 1.807) is 6.07 Å². The molecule has 0 radical (unpaired) electrons. The summed E-state index contributed by atoms with van der Waals surface area (Å²) in [5.41, 5.74) is -0.219. The highest BCUT2D eigenvalue weighted by atomic mass is 32.2. The second-order valence-corrected chi connectivity index (χ2v) is 6.96. The lowest BCUT2D eigenvalue weighted by Crippen LogP contribution is -2.23. The second kappa shape index (κ2) is 5.29. The van der Waals surface area contributed by atoms with Crippen molar-refractivity contribution in [3.8, 4) is 6.07 Å². The van der Waals surface area contributed by atoms with E-state index in [2.05, 4.69) is 0 Å². The van der Waals surface area contributed by atoms with E-state index in [4.69, 9.17) is 5.26 Å². The summed E-state index contributed by atoms with van der Waals surface area (Å²) in [6.45, 7) is 0. The first-order valence-electron chi connectivity index (χ1n) is 5.93. The van der Waals surface area contributed by atoms with Gasteiger partial charge in [0, 0.05) is 17.5 Å². The first-order chi connectivity index (χ1) is 9.34. The zero-order valence-electron chi connectivity index (χ0n) is 10.3. The van der Waals surface area contributed by atoms with Crippen molar-refractivity contribution in [2.45, 2.75) is 12.3 Å². The predicted molar refractivity (Wildman–Crippen MR) is 66.5 cm³/mol. The molecule has 4 nitrogen and oxygen atoms in total. The Morgan fingerprint density at radius 3 is 2.60 bits per heavy atom. The van der Waals surface area contributed by atoms with E-state index in [1.807, 2.05) is 0 Å². The number of sulfone groups is 1. The molecule has 1 aromatic carbocycles. The standard InChI is InChI=1S/C13H11F2NO3S/c14-9-1-2-10(12(15)5-9)11(6-16)13(17)8-3-4-20(18,19)7-8/h1-2,5,8,11H,3-4,7H2. The van der Waals surface area contributed by atoms with Gasteiger partial charge in [-0.3, -0.25) is 4.79 Å². The highest BCUT2D eigenvalue weighted by Crippen LogP contribution is 2.28. The Balaban J connectivity index is 2.29. The molecule has 106 valence electrons. The highest BCUT2D eigenvalue weighted by Gasteiger charge is 2.37. The van der Waals surface area contributed by atoms with Crippen molar-refractivity contribution in [2.24, 2.45) is 5.92 Å². The van der Waals surface area contributed by atoms with Crippen LogP contribution in [0.25, 0.3) is 0 Å². The number of rotatable bonds is 3. The number of carbonyl (C=O) groups is 1. The number of halogens is 2. The van der Waals surface area contributed by atoms with Crippen LogP contribution < -0.4 is 0 Å². The van der Waals surface area contributed by atoms with Crippen LogP contribution in [0.4, 0.5) is 8.78 Å². The number of nitrogens with zero attached hydrogens (tertiary/aromatic N) is 1. The Labute approximate surface area is 114 Å². The predicted octanol–water partition coefficient (Wildman–Crippen LogP) is 1.58. The monoisotopic (exact) mass is 299 g/mol. The minimum absolute atomic E-state index is 0.104. The SMILES string of the molecule is N#CC(C(=O)C1CCS(=O)(=O)C1)c1ccc(F)cc1F. The molecule has 7 heteroatoms. The van der Waals surface area contributed by atoms with E-state index in [0.29, 0.717) is 6.07 Å². The maximum atomic E-state index is 13.6.